The minimum Gasteiger partial charge on any atom is -0.393 e. The predicted molar refractivity (Wildman–Crippen MR) is 72.3 cm³/mol. The van der Waals surface area contributed by atoms with Gasteiger partial charge in [0.15, 0.2) is 0 Å². The standard InChI is InChI=1S/C14H16FN3O2/c1-8-16-7-9-2-5-13(20)18(14(9)17-8)12-6-10(19)3-4-11(12)15/h2,5,7,10-12,19H,3-4,6H2,1H3/t10-,11+,12+/m1/s1. The number of hydrogen-bond donors (Lipinski definition) is 1. The summed E-state index contributed by atoms with van der Waals surface area (Å²) in [6.07, 6.45) is 0.849. The molecule has 2 heterocycles. The number of hydrogen-bond acceptors (Lipinski definition) is 4. The summed E-state index contributed by atoms with van der Waals surface area (Å²) >= 11 is 0. The number of halogens is 1. The Kier molecular flexibility index (Phi) is 3.25. The topological polar surface area (TPSA) is 68.0 Å². The molecule has 0 radical (unpaired) electrons. The van der Waals surface area contributed by atoms with Crippen molar-refractivity contribution in [1.82, 2.24) is 14.5 Å². The lowest BCUT2D eigenvalue weighted by atomic mass is 9.91. The summed E-state index contributed by atoms with van der Waals surface area (Å²) in [5.74, 6) is 0.531. The Hall–Kier alpha value is -1.82. The second kappa shape index (κ2) is 4.94. The molecule has 0 spiro atoms. The van der Waals surface area contributed by atoms with Crippen molar-refractivity contribution in [2.75, 3.05) is 0 Å². The van der Waals surface area contributed by atoms with Crippen molar-refractivity contribution in [3.8, 4) is 0 Å². The van der Waals surface area contributed by atoms with Crippen LogP contribution in [0, 0.1) is 6.92 Å². The first-order chi connectivity index (χ1) is 9.56. The van der Waals surface area contributed by atoms with E-state index in [1.165, 1.54) is 10.6 Å². The highest BCUT2D eigenvalue weighted by Crippen LogP contribution is 2.31. The number of aromatic nitrogens is 3. The van der Waals surface area contributed by atoms with Crippen LogP contribution in [0.1, 0.15) is 31.1 Å². The molecule has 0 aromatic carbocycles. The minimum atomic E-state index is -1.14. The molecule has 1 aliphatic rings. The first-order valence-corrected chi connectivity index (χ1v) is 6.73. The highest BCUT2D eigenvalue weighted by Gasteiger charge is 2.32. The second-order valence-electron chi connectivity index (χ2n) is 5.29. The molecule has 1 fully saturated rings. The first kappa shape index (κ1) is 13.2. The lowest BCUT2D eigenvalue weighted by Crippen LogP contribution is -2.37. The molecule has 2 aromatic rings. The Morgan fingerprint density at radius 1 is 1.40 bits per heavy atom. The lowest BCUT2D eigenvalue weighted by Gasteiger charge is -2.31. The van der Waals surface area contributed by atoms with Gasteiger partial charge in [-0.1, -0.05) is 0 Å². The van der Waals surface area contributed by atoms with Gasteiger partial charge < -0.3 is 5.11 Å². The van der Waals surface area contributed by atoms with Crippen LogP contribution in [0.15, 0.2) is 23.1 Å². The van der Waals surface area contributed by atoms with Gasteiger partial charge >= 0.3 is 0 Å². The molecule has 0 aliphatic heterocycles. The summed E-state index contributed by atoms with van der Waals surface area (Å²) in [6, 6.07) is 2.37. The van der Waals surface area contributed by atoms with Gasteiger partial charge in [-0.05, 0) is 32.3 Å². The van der Waals surface area contributed by atoms with E-state index in [0.29, 0.717) is 23.3 Å². The van der Waals surface area contributed by atoms with Crippen LogP contribution in [0.2, 0.25) is 0 Å². The Morgan fingerprint density at radius 2 is 2.20 bits per heavy atom. The maximum Gasteiger partial charge on any atom is 0.252 e. The largest absolute Gasteiger partial charge is 0.393 e. The van der Waals surface area contributed by atoms with Gasteiger partial charge in [-0.15, -0.1) is 0 Å². The van der Waals surface area contributed by atoms with Gasteiger partial charge in [0.1, 0.15) is 17.6 Å². The number of aliphatic hydroxyl groups is 1. The Labute approximate surface area is 115 Å². The van der Waals surface area contributed by atoms with Crippen LogP contribution in [-0.4, -0.2) is 31.9 Å². The molecule has 1 saturated carbocycles. The summed E-state index contributed by atoms with van der Waals surface area (Å²) in [6.45, 7) is 1.73. The van der Waals surface area contributed by atoms with Gasteiger partial charge in [-0.2, -0.15) is 0 Å². The third-order valence-electron chi connectivity index (χ3n) is 3.83. The average Bonchev–Trinajstić information content (AvgIpc) is 2.42. The molecule has 0 bridgehead atoms. The Balaban J connectivity index is 2.21. The molecule has 3 rings (SSSR count). The molecule has 1 aliphatic carbocycles. The number of rotatable bonds is 1. The molecule has 0 saturated heterocycles. The third kappa shape index (κ3) is 2.20. The molecular weight excluding hydrogens is 261 g/mol. The summed E-state index contributed by atoms with van der Waals surface area (Å²) < 4.78 is 15.6. The van der Waals surface area contributed by atoms with E-state index in [4.69, 9.17) is 0 Å². The highest BCUT2D eigenvalue weighted by molar-refractivity contribution is 5.73. The maximum absolute atomic E-state index is 14.2. The first-order valence-electron chi connectivity index (χ1n) is 6.73. The molecule has 20 heavy (non-hydrogen) atoms. The zero-order valence-electron chi connectivity index (χ0n) is 11.2. The van der Waals surface area contributed by atoms with Crippen LogP contribution in [-0.2, 0) is 0 Å². The minimum absolute atomic E-state index is 0.239. The summed E-state index contributed by atoms with van der Waals surface area (Å²) in [4.78, 5) is 20.5. The van der Waals surface area contributed by atoms with Gasteiger partial charge in [0.2, 0.25) is 0 Å². The number of fused-ring (bicyclic) bond motifs is 1. The van der Waals surface area contributed by atoms with E-state index in [0.717, 1.165) is 0 Å². The molecule has 5 nitrogen and oxygen atoms in total. The zero-order chi connectivity index (χ0) is 14.3. The van der Waals surface area contributed by atoms with Crippen molar-refractivity contribution in [1.29, 1.82) is 0 Å². The van der Waals surface area contributed by atoms with Crippen molar-refractivity contribution in [3.63, 3.8) is 0 Å². The van der Waals surface area contributed by atoms with Crippen molar-refractivity contribution >= 4 is 11.0 Å². The Bertz CT molecular complexity index is 700. The zero-order valence-corrected chi connectivity index (χ0v) is 11.2. The maximum atomic E-state index is 14.2. The smallest absolute Gasteiger partial charge is 0.252 e. The van der Waals surface area contributed by atoms with Crippen LogP contribution in [0.4, 0.5) is 4.39 Å². The van der Waals surface area contributed by atoms with Crippen LogP contribution in [0.5, 0.6) is 0 Å². The van der Waals surface area contributed by atoms with E-state index in [9.17, 15) is 14.3 Å². The van der Waals surface area contributed by atoms with E-state index >= 15 is 0 Å². The van der Waals surface area contributed by atoms with Crippen LogP contribution in [0.25, 0.3) is 11.0 Å². The van der Waals surface area contributed by atoms with Crippen molar-refractivity contribution in [2.24, 2.45) is 0 Å². The molecule has 2 aromatic heterocycles. The lowest BCUT2D eigenvalue weighted by molar-refractivity contribution is 0.0555. The number of aryl methyl sites for hydroxylation is 1. The average molecular weight is 277 g/mol. The molecule has 6 heteroatoms. The fraction of sp³-hybridized carbons (Fsp3) is 0.500. The molecular formula is C14H16FN3O2. The SMILES string of the molecule is Cc1ncc2ccc(=O)n([C@H]3C[C@H](O)CC[C@@H]3F)c2n1. The fourth-order valence-corrected chi connectivity index (χ4v) is 2.80. The van der Waals surface area contributed by atoms with E-state index in [-0.39, 0.29) is 18.4 Å². The normalized spacial score (nSPS) is 26.9. The van der Waals surface area contributed by atoms with Crippen molar-refractivity contribution < 1.29 is 9.50 Å². The molecule has 0 unspecified atom stereocenters. The van der Waals surface area contributed by atoms with E-state index < -0.39 is 18.3 Å². The fourth-order valence-electron chi connectivity index (χ4n) is 2.80. The van der Waals surface area contributed by atoms with Gasteiger partial charge in [-0.25, -0.2) is 14.4 Å². The van der Waals surface area contributed by atoms with Crippen molar-refractivity contribution in [2.45, 2.75) is 44.5 Å². The Morgan fingerprint density at radius 3 is 3.00 bits per heavy atom. The van der Waals surface area contributed by atoms with Crippen molar-refractivity contribution in [3.05, 3.63) is 34.5 Å². The van der Waals surface area contributed by atoms with Gasteiger partial charge in [0.05, 0.1) is 12.1 Å². The van der Waals surface area contributed by atoms with Gasteiger partial charge in [0.25, 0.3) is 5.56 Å². The van der Waals surface area contributed by atoms with Crippen LogP contribution < -0.4 is 5.56 Å². The molecule has 106 valence electrons. The quantitative estimate of drug-likeness (QED) is 0.858. The van der Waals surface area contributed by atoms with E-state index in [2.05, 4.69) is 9.97 Å². The third-order valence-corrected chi connectivity index (χ3v) is 3.83. The summed E-state index contributed by atoms with van der Waals surface area (Å²) in [7, 11) is 0. The number of aliphatic hydroxyl groups excluding tert-OH is 1. The monoisotopic (exact) mass is 277 g/mol. The summed E-state index contributed by atoms with van der Waals surface area (Å²) in [5.41, 5.74) is 0.143. The second-order valence-corrected chi connectivity index (χ2v) is 5.29. The molecule has 0 amide bonds. The van der Waals surface area contributed by atoms with E-state index in [1.54, 1.807) is 19.2 Å². The highest BCUT2D eigenvalue weighted by atomic mass is 19.1. The number of alkyl halides is 1. The summed E-state index contributed by atoms with van der Waals surface area (Å²) in [5, 5.41) is 10.5. The van der Waals surface area contributed by atoms with Gasteiger partial charge in [-0.3, -0.25) is 9.36 Å². The molecule has 3 atom stereocenters. The van der Waals surface area contributed by atoms with Crippen LogP contribution >= 0.6 is 0 Å². The number of pyridine rings is 1. The number of nitrogens with zero attached hydrogens (tertiary/aromatic N) is 3. The van der Waals surface area contributed by atoms with Gasteiger partial charge in [0, 0.05) is 17.6 Å². The van der Waals surface area contributed by atoms with E-state index in [1.807, 2.05) is 0 Å². The van der Waals surface area contributed by atoms with Crippen LogP contribution in [0.3, 0.4) is 0 Å². The predicted octanol–water partition coefficient (Wildman–Crippen LogP) is 1.52. The molecule has 1 N–H and O–H groups in total.